The SMILES string of the molecule is C#CCN(CC#C)c1ccc(Oc2cccc(C#N)c2C#N)cc1. The van der Waals surface area contributed by atoms with E-state index in [9.17, 15) is 5.26 Å². The number of hydrogen-bond acceptors (Lipinski definition) is 4. The van der Waals surface area contributed by atoms with Crippen LogP contribution in [0.4, 0.5) is 5.69 Å². The molecule has 0 radical (unpaired) electrons. The van der Waals surface area contributed by atoms with Crippen LogP contribution in [0.15, 0.2) is 42.5 Å². The van der Waals surface area contributed by atoms with Gasteiger partial charge in [0, 0.05) is 5.69 Å². The van der Waals surface area contributed by atoms with Gasteiger partial charge in [-0.25, -0.2) is 0 Å². The first kappa shape index (κ1) is 16.5. The van der Waals surface area contributed by atoms with Gasteiger partial charge in [0.1, 0.15) is 29.2 Å². The topological polar surface area (TPSA) is 60.0 Å². The fraction of sp³-hybridized carbons (Fsp3) is 0.100. The molecule has 0 unspecified atom stereocenters. The Hall–Kier alpha value is -3.86. The molecule has 0 bridgehead atoms. The molecule has 4 heteroatoms. The normalized spacial score (nSPS) is 9.00. The van der Waals surface area contributed by atoms with Gasteiger partial charge in [0.25, 0.3) is 0 Å². The Kier molecular flexibility index (Phi) is 5.47. The number of terminal acetylenes is 2. The summed E-state index contributed by atoms with van der Waals surface area (Å²) < 4.78 is 5.72. The van der Waals surface area contributed by atoms with E-state index in [2.05, 4.69) is 11.8 Å². The van der Waals surface area contributed by atoms with Gasteiger partial charge in [-0.1, -0.05) is 17.9 Å². The lowest BCUT2D eigenvalue weighted by molar-refractivity contribution is 0.481. The van der Waals surface area contributed by atoms with Crippen LogP contribution in [0.1, 0.15) is 11.1 Å². The second kappa shape index (κ2) is 7.95. The Morgan fingerprint density at radius 1 is 0.917 bits per heavy atom. The number of nitrogens with zero attached hydrogens (tertiary/aromatic N) is 3. The van der Waals surface area contributed by atoms with Gasteiger partial charge in [0.2, 0.25) is 0 Å². The Morgan fingerprint density at radius 2 is 1.58 bits per heavy atom. The second-order valence-corrected chi connectivity index (χ2v) is 4.76. The predicted octanol–water partition coefficient (Wildman–Crippen LogP) is 3.30. The van der Waals surface area contributed by atoms with Gasteiger partial charge >= 0.3 is 0 Å². The van der Waals surface area contributed by atoms with E-state index in [0.29, 0.717) is 24.6 Å². The molecule has 2 aromatic carbocycles. The third-order valence-corrected chi connectivity index (χ3v) is 3.25. The Morgan fingerprint density at radius 3 is 2.12 bits per heavy atom. The molecule has 2 rings (SSSR count). The second-order valence-electron chi connectivity index (χ2n) is 4.76. The molecule has 0 aliphatic carbocycles. The number of benzene rings is 2. The van der Waals surface area contributed by atoms with E-state index >= 15 is 0 Å². The highest BCUT2D eigenvalue weighted by Crippen LogP contribution is 2.28. The molecule has 0 saturated heterocycles. The molecule has 2 aromatic rings. The highest BCUT2D eigenvalue weighted by atomic mass is 16.5. The van der Waals surface area contributed by atoms with Crippen LogP contribution in [0.25, 0.3) is 0 Å². The van der Waals surface area contributed by atoms with Crippen LogP contribution in [0, 0.1) is 47.3 Å². The van der Waals surface area contributed by atoms with Crippen molar-refractivity contribution in [3.63, 3.8) is 0 Å². The lowest BCUT2D eigenvalue weighted by Crippen LogP contribution is -2.23. The summed E-state index contributed by atoms with van der Waals surface area (Å²) in [4.78, 5) is 1.88. The maximum atomic E-state index is 9.22. The summed E-state index contributed by atoms with van der Waals surface area (Å²) in [7, 11) is 0. The summed E-state index contributed by atoms with van der Waals surface area (Å²) in [6.45, 7) is 0.820. The predicted molar refractivity (Wildman–Crippen MR) is 92.3 cm³/mol. The third kappa shape index (κ3) is 3.66. The number of hydrogen-bond donors (Lipinski definition) is 0. The quantitative estimate of drug-likeness (QED) is 0.795. The van der Waals surface area contributed by atoms with E-state index in [1.807, 2.05) is 29.2 Å². The molecular weight excluding hydrogens is 298 g/mol. The van der Waals surface area contributed by atoms with Gasteiger partial charge in [0.05, 0.1) is 18.7 Å². The van der Waals surface area contributed by atoms with Gasteiger partial charge in [-0.05, 0) is 36.4 Å². The Bertz CT molecular complexity index is 871. The molecule has 114 valence electrons. The van der Waals surface area contributed by atoms with Gasteiger partial charge in [0.15, 0.2) is 0 Å². The maximum Gasteiger partial charge on any atom is 0.146 e. The monoisotopic (exact) mass is 311 g/mol. The molecular formula is C20H13N3O. The maximum absolute atomic E-state index is 9.22. The molecule has 0 amide bonds. The molecule has 0 aliphatic heterocycles. The van der Waals surface area contributed by atoms with Crippen molar-refractivity contribution in [2.75, 3.05) is 18.0 Å². The Balaban J connectivity index is 2.25. The number of anilines is 1. The third-order valence-electron chi connectivity index (χ3n) is 3.25. The number of nitriles is 2. The van der Waals surface area contributed by atoms with Crippen molar-refractivity contribution < 1.29 is 4.74 Å². The highest BCUT2D eigenvalue weighted by molar-refractivity contribution is 5.56. The molecule has 0 fully saturated rings. The zero-order valence-electron chi connectivity index (χ0n) is 12.9. The minimum absolute atomic E-state index is 0.213. The van der Waals surface area contributed by atoms with Crippen LogP contribution in [-0.2, 0) is 0 Å². The lowest BCUT2D eigenvalue weighted by Gasteiger charge is -2.19. The van der Waals surface area contributed by atoms with E-state index in [0.717, 1.165) is 5.69 Å². The zero-order chi connectivity index (χ0) is 17.4. The van der Waals surface area contributed by atoms with Crippen molar-refractivity contribution in [2.24, 2.45) is 0 Å². The van der Waals surface area contributed by atoms with E-state index in [1.165, 1.54) is 0 Å². The minimum atomic E-state index is 0.213. The molecule has 0 spiro atoms. The van der Waals surface area contributed by atoms with Crippen LogP contribution in [0.2, 0.25) is 0 Å². The van der Waals surface area contributed by atoms with Gasteiger partial charge in [-0.3, -0.25) is 0 Å². The van der Waals surface area contributed by atoms with Crippen molar-refractivity contribution in [3.05, 3.63) is 53.6 Å². The molecule has 0 heterocycles. The molecule has 0 atom stereocenters. The summed E-state index contributed by atoms with van der Waals surface area (Å²) in [6.07, 6.45) is 10.7. The summed E-state index contributed by atoms with van der Waals surface area (Å²) in [6, 6.07) is 16.1. The summed E-state index contributed by atoms with van der Waals surface area (Å²) >= 11 is 0. The summed E-state index contributed by atoms with van der Waals surface area (Å²) in [5.41, 5.74) is 1.37. The van der Waals surface area contributed by atoms with Crippen LogP contribution in [0.5, 0.6) is 11.5 Å². The molecule has 0 aliphatic rings. The summed E-state index contributed by atoms with van der Waals surface area (Å²) in [5, 5.41) is 18.3. The first-order valence-corrected chi connectivity index (χ1v) is 7.06. The molecule has 4 nitrogen and oxygen atoms in total. The largest absolute Gasteiger partial charge is 0.456 e. The van der Waals surface area contributed by atoms with Crippen LogP contribution in [-0.4, -0.2) is 13.1 Å². The first-order chi connectivity index (χ1) is 11.7. The fourth-order valence-electron chi connectivity index (χ4n) is 2.14. The van der Waals surface area contributed by atoms with Crippen molar-refractivity contribution in [1.82, 2.24) is 0 Å². The van der Waals surface area contributed by atoms with Crippen molar-refractivity contribution >= 4 is 5.69 Å². The van der Waals surface area contributed by atoms with Crippen LogP contribution in [0.3, 0.4) is 0 Å². The average Bonchev–Trinajstić information content (AvgIpc) is 2.62. The molecule has 24 heavy (non-hydrogen) atoms. The van der Waals surface area contributed by atoms with Gasteiger partial charge in [-0.2, -0.15) is 10.5 Å². The molecule has 0 N–H and O–H groups in total. The van der Waals surface area contributed by atoms with Crippen molar-refractivity contribution in [1.29, 1.82) is 10.5 Å². The van der Waals surface area contributed by atoms with E-state index in [4.69, 9.17) is 22.8 Å². The van der Waals surface area contributed by atoms with Crippen LogP contribution < -0.4 is 9.64 Å². The summed E-state index contributed by atoms with van der Waals surface area (Å²) in [5.74, 6) is 6.02. The van der Waals surface area contributed by atoms with Crippen molar-refractivity contribution in [2.45, 2.75) is 0 Å². The Labute approximate surface area is 141 Å². The van der Waals surface area contributed by atoms with E-state index < -0.39 is 0 Å². The fourth-order valence-corrected chi connectivity index (χ4v) is 2.14. The first-order valence-electron chi connectivity index (χ1n) is 7.06. The van der Waals surface area contributed by atoms with Crippen LogP contribution >= 0.6 is 0 Å². The van der Waals surface area contributed by atoms with E-state index in [-0.39, 0.29) is 11.1 Å². The zero-order valence-corrected chi connectivity index (χ0v) is 12.9. The molecule has 0 saturated carbocycles. The number of ether oxygens (including phenoxy) is 1. The average molecular weight is 311 g/mol. The molecule has 0 aromatic heterocycles. The lowest BCUT2D eigenvalue weighted by atomic mass is 10.1. The smallest absolute Gasteiger partial charge is 0.146 e. The van der Waals surface area contributed by atoms with Crippen molar-refractivity contribution in [3.8, 4) is 48.3 Å². The number of rotatable bonds is 5. The highest BCUT2D eigenvalue weighted by Gasteiger charge is 2.10. The minimum Gasteiger partial charge on any atom is -0.456 e. The van der Waals surface area contributed by atoms with Gasteiger partial charge in [-0.15, -0.1) is 12.8 Å². The standard InChI is InChI=1S/C20H13N3O/c1-3-12-23(13-4-2)17-8-10-18(11-9-17)24-20-7-5-6-16(14-21)19(20)15-22/h1-2,5-11H,12-13H2. The van der Waals surface area contributed by atoms with Gasteiger partial charge < -0.3 is 9.64 Å². The van der Waals surface area contributed by atoms with E-state index in [1.54, 1.807) is 30.3 Å².